The third kappa shape index (κ3) is 12.3. The van der Waals surface area contributed by atoms with E-state index in [2.05, 4.69) is 354 Å². The van der Waals surface area contributed by atoms with Crippen LogP contribution in [0.4, 0.5) is 0 Å². The first-order chi connectivity index (χ1) is 56.9. The first-order valence-electron chi connectivity index (χ1n) is 40.2. The molecule has 0 bridgehead atoms. The van der Waals surface area contributed by atoms with Crippen LogP contribution in [0.2, 0.25) is 0 Å². The minimum Gasteiger partial charge on any atom is -0.309 e. The Bertz CT molecular complexity index is 7760. The van der Waals surface area contributed by atoms with E-state index in [9.17, 15) is 9.59 Å². The second-order valence-electron chi connectivity index (χ2n) is 32.5. The van der Waals surface area contributed by atoms with Crippen LogP contribution < -0.4 is 0 Å². The standard InChI is InChI=1S/3C25H17NS.2C17H16O/c1-16-11-12-18-20-14-21-19-9-5-6-10-24(19)27-25(21)15-23(20)26(22(18)13-16)17-7-3-2-4-8-17;1-16-11-12-24-20(13-16)21-14-19-18-9-5-6-10-22(18)26(17-7-3-2-4-8-17)23(19)15-25(21)27-24;1-16-11-12-22-19(13-16)20-14-21-18-9-5-6-10-24(18)27-25(21)15-23(20)26(22)17-7-3-2-4-8-17;1-11-7-6-9-13-15(11)17(2,3)14-10-5-4-8-12(14)16(13)18;1-11-8-9-15-13(10-11)16(18)12-6-4-5-7-14(12)17(15,2)3/h3*2-15H,1H3;2*4-10H,1-3H3. The summed E-state index contributed by atoms with van der Waals surface area (Å²) < 4.78 is 15.3. The second-order valence-corrected chi connectivity index (χ2v) is 35.8. The number of fused-ring (bicyclic) bond motifs is 22. The van der Waals surface area contributed by atoms with Crippen molar-refractivity contribution in [1.29, 1.82) is 0 Å². The SMILES string of the molecule is Cc1ccc2c(c1)C(=O)c1ccccc1C2(C)C.Cc1ccc2c(c1)c1cc3c(cc1n2-c1ccccc1)sc1ccccc13.Cc1ccc2c3cc4c(cc3n(-c3ccccc3)c2c1)sc1ccccc14.Cc1ccc2sc3cc4c(cc3c2c1)c1ccccc1n4-c1ccccc1.Cc1cccc2c1C(C)(C)c1ccccc1C2=O. The largest absolute Gasteiger partial charge is 0.309 e. The second kappa shape index (κ2) is 28.7. The minimum atomic E-state index is -0.106. The zero-order chi connectivity index (χ0) is 79.7. The fraction of sp³-hybridized carbons (Fsp3) is 0.101. The quantitative estimate of drug-likeness (QED) is 0.177. The number of hydrogen-bond donors (Lipinski definition) is 0. The van der Waals surface area contributed by atoms with Gasteiger partial charge in [-0.25, -0.2) is 0 Å². The van der Waals surface area contributed by atoms with E-state index in [1.807, 2.05) is 95.5 Å². The lowest BCUT2D eigenvalue weighted by Crippen LogP contribution is -2.31. The van der Waals surface area contributed by atoms with Crippen LogP contribution in [0.1, 0.15) is 110 Å². The Morgan fingerprint density at radius 1 is 0.222 bits per heavy atom. The van der Waals surface area contributed by atoms with E-state index in [0.29, 0.717) is 0 Å². The van der Waals surface area contributed by atoms with Gasteiger partial charge in [0.25, 0.3) is 0 Å². The molecule has 117 heavy (non-hydrogen) atoms. The summed E-state index contributed by atoms with van der Waals surface area (Å²) >= 11 is 5.65. The van der Waals surface area contributed by atoms with Gasteiger partial charge in [-0.3, -0.25) is 9.59 Å². The van der Waals surface area contributed by atoms with Gasteiger partial charge in [-0.2, -0.15) is 0 Å². The van der Waals surface area contributed by atoms with Gasteiger partial charge in [0, 0.05) is 143 Å². The number of hydrogen-bond acceptors (Lipinski definition) is 5. The van der Waals surface area contributed by atoms with Gasteiger partial charge in [-0.15, -0.1) is 34.0 Å². The highest BCUT2D eigenvalue weighted by molar-refractivity contribution is 7.26. The Morgan fingerprint density at radius 3 is 1.14 bits per heavy atom. The predicted octanol–water partition coefficient (Wildman–Crippen LogP) is 30.1. The highest BCUT2D eigenvalue weighted by Gasteiger charge is 2.38. The molecular weight excluding hydrogens is 1480 g/mol. The lowest BCUT2D eigenvalue weighted by Gasteiger charge is -2.35. The monoisotopic (exact) mass is 1560 g/mol. The van der Waals surface area contributed by atoms with E-state index in [-0.39, 0.29) is 22.4 Å². The van der Waals surface area contributed by atoms with E-state index in [1.54, 1.807) is 0 Å². The van der Waals surface area contributed by atoms with Crippen molar-refractivity contribution < 1.29 is 9.59 Å². The fourth-order valence-corrected chi connectivity index (χ4v) is 22.1. The van der Waals surface area contributed by atoms with E-state index in [0.717, 1.165) is 44.5 Å². The Hall–Kier alpha value is -13.1. The molecule has 0 spiro atoms. The molecular formula is C109H83N3O2S3. The van der Waals surface area contributed by atoms with Gasteiger partial charge in [0.05, 0.1) is 33.1 Å². The molecule has 16 aromatic carbocycles. The highest BCUT2D eigenvalue weighted by Crippen LogP contribution is 2.48. The molecule has 24 rings (SSSR count). The Morgan fingerprint density at radius 2 is 0.573 bits per heavy atom. The van der Waals surface area contributed by atoms with Crippen molar-refractivity contribution in [3.05, 3.63) is 412 Å². The topological polar surface area (TPSA) is 48.9 Å². The number of rotatable bonds is 3. The number of benzene rings is 16. The summed E-state index contributed by atoms with van der Waals surface area (Å²) in [6.07, 6.45) is 0. The third-order valence-electron chi connectivity index (χ3n) is 24.2. The molecule has 0 saturated carbocycles. The molecule has 6 aromatic heterocycles. The summed E-state index contributed by atoms with van der Waals surface area (Å²) in [4.78, 5) is 25.1. The molecule has 0 N–H and O–H groups in total. The van der Waals surface area contributed by atoms with E-state index >= 15 is 0 Å². The van der Waals surface area contributed by atoms with Gasteiger partial charge in [-0.1, -0.05) is 257 Å². The van der Waals surface area contributed by atoms with Crippen molar-refractivity contribution >= 4 is 172 Å². The summed E-state index contributed by atoms with van der Waals surface area (Å²) in [6.45, 7) is 19.4. The highest BCUT2D eigenvalue weighted by atomic mass is 32.1. The molecule has 0 unspecified atom stereocenters. The normalized spacial score (nSPS) is 13.2. The maximum Gasteiger partial charge on any atom is 0.193 e. The van der Waals surface area contributed by atoms with Crippen LogP contribution in [0.15, 0.2) is 340 Å². The maximum absolute atomic E-state index is 12.5. The summed E-state index contributed by atoms with van der Waals surface area (Å²) in [6, 6.07) is 121. The van der Waals surface area contributed by atoms with Gasteiger partial charge in [0.15, 0.2) is 11.6 Å². The maximum atomic E-state index is 12.5. The molecule has 22 aromatic rings. The average Bonchev–Trinajstić information content (AvgIpc) is 0.855. The molecule has 6 heterocycles. The minimum absolute atomic E-state index is 0.104. The molecule has 2 aliphatic carbocycles. The van der Waals surface area contributed by atoms with Crippen LogP contribution >= 0.6 is 34.0 Å². The molecule has 2 aliphatic rings. The predicted molar refractivity (Wildman–Crippen MR) is 502 cm³/mol. The Kier molecular flexibility index (Phi) is 17.9. The summed E-state index contributed by atoms with van der Waals surface area (Å²) in [5.74, 6) is 0.312. The van der Waals surface area contributed by atoms with Crippen LogP contribution in [0.5, 0.6) is 0 Å². The van der Waals surface area contributed by atoms with Crippen molar-refractivity contribution in [3.8, 4) is 17.1 Å². The number of nitrogens with zero attached hydrogens (tertiary/aromatic N) is 3. The fourth-order valence-electron chi connectivity index (χ4n) is 18.7. The smallest absolute Gasteiger partial charge is 0.193 e. The van der Waals surface area contributed by atoms with Crippen molar-refractivity contribution in [2.45, 2.75) is 73.1 Å². The molecule has 0 atom stereocenters. The molecule has 0 saturated heterocycles. The third-order valence-corrected chi connectivity index (χ3v) is 27.6. The average molecular weight is 1560 g/mol. The number of carbonyl (C=O) groups is 2. The number of aryl methyl sites for hydroxylation is 5. The Labute approximate surface area is 691 Å². The van der Waals surface area contributed by atoms with Crippen molar-refractivity contribution in [1.82, 2.24) is 13.7 Å². The molecule has 8 heteroatoms. The zero-order valence-electron chi connectivity index (χ0n) is 66.7. The first kappa shape index (κ1) is 72.9. The van der Waals surface area contributed by atoms with E-state index in [1.165, 1.54) is 171 Å². The molecule has 5 nitrogen and oxygen atoms in total. The van der Waals surface area contributed by atoms with Gasteiger partial charge in [-0.05, 0) is 195 Å². The lowest BCUT2D eigenvalue weighted by molar-refractivity contribution is 0.102. The lowest BCUT2D eigenvalue weighted by atomic mass is 9.67. The number of aromatic nitrogens is 3. The number of thiophene rings is 3. The number of para-hydroxylation sites is 4. The van der Waals surface area contributed by atoms with Crippen molar-refractivity contribution in [2.75, 3.05) is 0 Å². The molecule has 564 valence electrons. The van der Waals surface area contributed by atoms with Crippen LogP contribution in [0, 0.1) is 34.6 Å². The number of ketones is 2. The summed E-state index contributed by atoms with van der Waals surface area (Å²) in [5, 5.41) is 16.1. The zero-order valence-corrected chi connectivity index (χ0v) is 69.2. The number of carbonyl (C=O) groups excluding carboxylic acids is 2. The molecule has 0 aliphatic heterocycles. The van der Waals surface area contributed by atoms with Gasteiger partial charge in [0.1, 0.15) is 0 Å². The first-order valence-corrected chi connectivity index (χ1v) is 42.6. The van der Waals surface area contributed by atoms with E-state index < -0.39 is 0 Å². The van der Waals surface area contributed by atoms with Gasteiger partial charge >= 0.3 is 0 Å². The van der Waals surface area contributed by atoms with Gasteiger partial charge < -0.3 is 13.7 Å². The van der Waals surface area contributed by atoms with Crippen molar-refractivity contribution in [2.24, 2.45) is 0 Å². The molecule has 0 amide bonds. The summed E-state index contributed by atoms with van der Waals surface area (Å²) in [5.41, 5.74) is 25.3. The van der Waals surface area contributed by atoms with E-state index in [4.69, 9.17) is 0 Å². The van der Waals surface area contributed by atoms with Crippen LogP contribution in [0.3, 0.4) is 0 Å². The van der Waals surface area contributed by atoms with Crippen LogP contribution in [0.25, 0.3) is 143 Å². The molecule has 0 radical (unpaired) electrons. The summed E-state index contributed by atoms with van der Waals surface area (Å²) in [7, 11) is 0. The van der Waals surface area contributed by atoms with Crippen molar-refractivity contribution in [3.63, 3.8) is 0 Å². The Balaban J connectivity index is 0.0000000952. The van der Waals surface area contributed by atoms with Gasteiger partial charge in [0.2, 0.25) is 0 Å². The molecule has 0 fully saturated rings. The van der Waals surface area contributed by atoms with Crippen LogP contribution in [-0.2, 0) is 10.8 Å². The van der Waals surface area contributed by atoms with Crippen LogP contribution in [-0.4, -0.2) is 25.3 Å².